The molecule has 0 radical (unpaired) electrons. The number of thiazole rings is 1. The van der Waals surface area contributed by atoms with E-state index in [4.69, 9.17) is 16.3 Å². The van der Waals surface area contributed by atoms with Gasteiger partial charge in [-0.2, -0.15) is 0 Å². The third-order valence-corrected chi connectivity index (χ3v) is 8.01. The van der Waals surface area contributed by atoms with Gasteiger partial charge in [0.05, 0.1) is 27.7 Å². The number of nitrogens with zero attached hydrogens (tertiary/aromatic N) is 1. The van der Waals surface area contributed by atoms with Crippen molar-refractivity contribution in [3.05, 3.63) is 92.5 Å². The van der Waals surface area contributed by atoms with Crippen LogP contribution in [0.4, 0.5) is 0 Å². The Morgan fingerprint density at radius 2 is 1.82 bits per heavy atom. The fourth-order valence-corrected chi connectivity index (χ4v) is 5.84. The average Bonchev–Trinajstić information content (AvgIpc) is 3.09. The van der Waals surface area contributed by atoms with Crippen molar-refractivity contribution >= 4 is 43.2 Å². The molecule has 1 atom stereocenters. The molecule has 0 spiro atoms. The molecule has 0 aliphatic heterocycles. The third-order valence-electron chi connectivity index (χ3n) is 5.11. The normalized spacial score (nSPS) is 12.7. The van der Waals surface area contributed by atoms with Gasteiger partial charge in [0.25, 0.3) is 0 Å². The van der Waals surface area contributed by atoms with E-state index >= 15 is 0 Å². The van der Waals surface area contributed by atoms with E-state index < -0.39 is 16.1 Å². The first-order chi connectivity index (χ1) is 15.7. The maximum atomic E-state index is 12.9. The zero-order chi connectivity index (χ0) is 23.6. The Hall–Kier alpha value is -2.65. The lowest BCUT2D eigenvalue weighted by molar-refractivity contribution is 0.287. The highest BCUT2D eigenvalue weighted by atomic mass is 35.5. The first-order valence-corrected chi connectivity index (χ1v) is 13.0. The van der Waals surface area contributed by atoms with E-state index in [1.165, 1.54) is 12.1 Å². The molecule has 9 heteroatoms. The molecule has 6 nitrogen and oxygen atoms in total. The zero-order valence-corrected chi connectivity index (χ0v) is 20.5. The Bertz CT molecular complexity index is 1440. The number of aromatic nitrogens is 1. The molecule has 0 saturated carbocycles. The van der Waals surface area contributed by atoms with E-state index in [1.807, 2.05) is 49.4 Å². The summed E-state index contributed by atoms with van der Waals surface area (Å²) in [6, 6.07) is 19.1. The van der Waals surface area contributed by atoms with Crippen LogP contribution in [0.5, 0.6) is 5.75 Å². The molecule has 1 heterocycles. The minimum atomic E-state index is -3.79. The highest BCUT2D eigenvalue weighted by Crippen LogP contribution is 2.24. The van der Waals surface area contributed by atoms with Crippen LogP contribution in [0.1, 0.15) is 18.1 Å². The summed E-state index contributed by atoms with van der Waals surface area (Å²) in [5, 5.41) is 0.578. The van der Waals surface area contributed by atoms with Crippen LogP contribution in [0.15, 0.2) is 76.4 Å². The maximum Gasteiger partial charge on any atom is 0.308 e. The molecule has 0 amide bonds. The molecule has 4 rings (SSSR count). The van der Waals surface area contributed by atoms with Crippen LogP contribution in [0.2, 0.25) is 5.02 Å². The Labute approximate surface area is 201 Å². The van der Waals surface area contributed by atoms with Crippen molar-refractivity contribution in [1.29, 1.82) is 0 Å². The van der Waals surface area contributed by atoms with Gasteiger partial charge in [0.1, 0.15) is 12.4 Å². The first kappa shape index (κ1) is 23.5. The van der Waals surface area contributed by atoms with Gasteiger partial charge in [0.2, 0.25) is 10.0 Å². The average molecular weight is 503 g/mol. The molecule has 1 unspecified atom stereocenters. The number of hydrogen-bond acceptors (Lipinski definition) is 5. The second-order valence-electron chi connectivity index (χ2n) is 7.82. The van der Waals surface area contributed by atoms with E-state index in [0.29, 0.717) is 27.5 Å². The summed E-state index contributed by atoms with van der Waals surface area (Å²) in [6.07, 6.45) is 0. The van der Waals surface area contributed by atoms with Crippen molar-refractivity contribution in [1.82, 2.24) is 9.29 Å². The fraction of sp³-hybridized carbons (Fsp3) is 0.208. The number of rotatable bonds is 8. The van der Waals surface area contributed by atoms with Gasteiger partial charge in [-0.3, -0.25) is 9.36 Å². The van der Waals surface area contributed by atoms with E-state index in [9.17, 15) is 13.2 Å². The largest absolute Gasteiger partial charge is 0.492 e. The van der Waals surface area contributed by atoms with Gasteiger partial charge in [-0.1, -0.05) is 58.8 Å². The summed E-state index contributed by atoms with van der Waals surface area (Å²) in [5.41, 5.74) is 2.61. The summed E-state index contributed by atoms with van der Waals surface area (Å²) < 4.78 is 36.3. The van der Waals surface area contributed by atoms with Crippen LogP contribution in [-0.2, 0) is 16.6 Å². The summed E-state index contributed by atoms with van der Waals surface area (Å²) in [5.74, 6) is 0.678. The van der Waals surface area contributed by atoms with Crippen molar-refractivity contribution in [3.8, 4) is 5.75 Å². The van der Waals surface area contributed by atoms with Gasteiger partial charge in [-0.25, -0.2) is 13.1 Å². The van der Waals surface area contributed by atoms with Gasteiger partial charge in [-0.15, -0.1) is 0 Å². The summed E-state index contributed by atoms with van der Waals surface area (Å²) in [7, 11) is -3.79. The van der Waals surface area contributed by atoms with Gasteiger partial charge in [0.15, 0.2) is 0 Å². The quantitative estimate of drug-likeness (QED) is 0.375. The van der Waals surface area contributed by atoms with Crippen molar-refractivity contribution < 1.29 is 13.2 Å². The Kier molecular flexibility index (Phi) is 6.90. The van der Waals surface area contributed by atoms with Crippen LogP contribution in [0, 0.1) is 6.92 Å². The topological polar surface area (TPSA) is 77.4 Å². The molecule has 1 aromatic heterocycles. The van der Waals surface area contributed by atoms with E-state index in [2.05, 4.69) is 4.72 Å². The Morgan fingerprint density at radius 3 is 2.55 bits per heavy atom. The van der Waals surface area contributed by atoms with Crippen LogP contribution in [0.25, 0.3) is 10.2 Å². The predicted molar refractivity (Wildman–Crippen MR) is 133 cm³/mol. The van der Waals surface area contributed by atoms with Gasteiger partial charge in [-0.05, 0) is 55.8 Å². The monoisotopic (exact) mass is 502 g/mol. The number of aryl methyl sites for hydroxylation is 1. The molecule has 172 valence electrons. The third kappa shape index (κ3) is 5.47. The lowest BCUT2D eigenvalue weighted by atomic mass is 10.2. The number of sulfonamides is 1. The fourth-order valence-electron chi connectivity index (χ4n) is 3.38. The maximum absolute atomic E-state index is 12.9. The minimum Gasteiger partial charge on any atom is -0.492 e. The summed E-state index contributed by atoms with van der Waals surface area (Å²) in [6.45, 7) is 4.23. The molecule has 0 saturated heterocycles. The van der Waals surface area contributed by atoms with E-state index in [1.54, 1.807) is 23.6 Å². The lowest BCUT2D eigenvalue weighted by Crippen LogP contribution is -2.36. The minimum absolute atomic E-state index is 0.100. The molecule has 0 aliphatic rings. The highest BCUT2D eigenvalue weighted by Gasteiger charge is 2.20. The van der Waals surface area contributed by atoms with Crippen LogP contribution in [-0.4, -0.2) is 25.6 Å². The molecule has 0 aliphatic carbocycles. The second-order valence-corrected chi connectivity index (χ2v) is 10.9. The van der Waals surface area contributed by atoms with Gasteiger partial charge >= 0.3 is 4.87 Å². The molecule has 3 aromatic carbocycles. The Balaban J connectivity index is 1.51. The zero-order valence-electron chi connectivity index (χ0n) is 18.1. The van der Waals surface area contributed by atoms with E-state index in [0.717, 1.165) is 22.5 Å². The van der Waals surface area contributed by atoms with Crippen LogP contribution in [0.3, 0.4) is 0 Å². The number of halogens is 1. The molecule has 1 N–H and O–H groups in total. The number of ether oxygens (including phenoxy) is 1. The lowest BCUT2D eigenvalue weighted by Gasteiger charge is -2.15. The molecule has 33 heavy (non-hydrogen) atoms. The second kappa shape index (κ2) is 9.69. The van der Waals surface area contributed by atoms with Crippen molar-refractivity contribution in [2.45, 2.75) is 31.3 Å². The number of fused-ring (bicyclic) bond motifs is 1. The van der Waals surface area contributed by atoms with Gasteiger partial charge in [0, 0.05) is 5.02 Å². The van der Waals surface area contributed by atoms with Gasteiger partial charge < -0.3 is 4.74 Å². The highest BCUT2D eigenvalue weighted by molar-refractivity contribution is 7.89. The van der Waals surface area contributed by atoms with Crippen molar-refractivity contribution in [3.63, 3.8) is 0 Å². The molecule has 0 bridgehead atoms. The number of hydrogen-bond donors (Lipinski definition) is 1. The van der Waals surface area contributed by atoms with Crippen molar-refractivity contribution in [2.75, 3.05) is 6.61 Å². The number of benzene rings is 3. The predicted octanol–water partition coefficient (Wildman–Crippen LogP) is 4.82. The summed E-state index contributed by atoms with van der Waals surface area (Å²) in [4.78, 5) is 12.5. The van der Waals surface area contributed by atoms with Crippen molar-refractivity contribution in [2.24, 2.45) is 0 Å². The van der Waals surface area contributed by atoms with Crippen LogP contribution < -0.4 is 14.3 Å². The standard InChI is InChI=1S/C24H23ClN2O4S2/c1-16-7-9-19(10-8-16)31-15-17(2)26-33(29,30)20-11-12-22-23(13-20)32-24(28)27(22)14-18-5-3-4-6-21(18)25/h3-13,17,26H,14-15H2,1-2H3. The number of nitrogens with one attached hydrogen (secondary N) is 1. The summed E-state index contributed by atoms with van der Waals surface area (Å²) >= 11 is 7.25. The SMILES string of the molecule is Cc1ccc(OCC(C)NS(=O)(=O)c2ccc3c(c2)sc(=O)n3Cc2ccccc2Cl)cc1. The molecule has 4 aromatic rings. The van der Waals surface area contributed by atoms with E-state index in [-0.39, 0.29) is 16.4 Å². The molecular formula is C24H23ClN2O4S2. The molecule has 0 fully saturated rings. The molecular weight excluding hydrogens is 480 g/mol. The smallest absolute Gasteiger partial charge is 0.308 e. The first-order valence-electron chi connectivity index (χ1n) is 10.3. The Morgan fingerprint density at radius 1 is 1.09 bits per heavy atom. The van der Waals surface area contributed by atoms with Crippen LogP contribution >= 0.6 is 22.9 Å².